The number of rotatable bonds is 6. The number of likely N-dealkylation sites (tertiary alicyclic amines) is 1. The van der Waals surface area contributed by atoms with Crippen LogP contribution in [0, 0.1) is 0 Å². The predicted molar refractivity (Wildman–Crippen MR) is 153 cm³/mol. The van der Waals surface area contributed by atoms with E-state index in [-0.39, 0.29) is 18.7 Å². The average Bonchev–Trinajstić information content (AvgIpc) is 3.73. The molecule has 6 heterocycles. The molecule has 1 fully saturated rings. The van der Waals surface area contributed by atoms with E-state index < -0.39 is 5.92 Å². The first kappa shape index (κ1) is 24.7. The molecule has 40 heavy (non-hydrogen) atoms. The van der Waals surface area contributed by atoms with Crippen LogP contribution in [0.2, 0.25) is 0 Å². The number of pyridine rings is 2. The number of hydrogen-bond donors (Lipinski definition) is 2. The van der Waals surface area contributed by atoms with Gasteiger partial charge in [-0.25, -0.2) is 13.8 Å². The fraction of sp³-hybridized carbons (Fsp3) is 0.200. The highest BCUT2D eigenvalue weighted by Crippen LogP contribution is 2.37. The molecule has 7 rings (SSSR count). The van der Waals surface area contributed by atoms with E-state index >= 15 is 0 Å². The van der Waals surface area contributed by atoms with Crippen molar-refractivity contribution in [3.05, 3.63) is 77.4 Å². The van der Waals surface area contributed by atoms with Crippen molar-refractivity contribution in [1.82, 2.24) is 30.0 Å². The molecule has 10 heteroatoms. The second-order valence-corrected chi connectivity index (χ2v) is 11.3. The summed E-state index contributed by atoms with van der Waals surface area (Å²) < 4.78 is 27.3. The van der Waals surface area contributed by atoms with Gasteiger partial charge in [0, 0.05) is 58.8 Å². The van der Waals surface area contributed by atoms with Gasteiger partial charge >= 0.3 is 0 Å². The Hall–Kier alpha value is -4.28. The maximum Gasteiger partial charge on any atom is 0.261 e. The summed E-state index contributed by atoms with van der Waals surface area (Å²) in [6.45, 7) is 2.15. The molecule has 5 aromatic heterocycles. The minimum atomic E-state index is -2.63. The van der Waals surface area contributed by atoms with Crippen molar-refractivity contribution in [3.8, 4) is 33.1 Å². The monoisotopic (exact) mass is 554 g/mol. The molecule has 1 aromatic carbocycles. The summed E-state index contributed by atoms with van der Waals surface area (Å²) in [5.41, 5.74) is 7.44. The minimum absolute atomic E-state index is 0.0568. The molecule has 0 spiro atoms. The van der Waals surface area contributed by atoms with Crippen molar-refractivity contribution in [3.63, 3.8) is 0 Å². The first-order valence-corrected chi connectivity index (χ1v) is 13.8. The van der Waals surface area contributed by atoms with Crippen LogP contribution < -0.4 is 0 Å². The summed E-state index contributed by atoms with van der Waals surface area (Å²) in [5.74, 6) is -2.57. The van der Waals surface area contributed by atoms with E-state index in [4.69, 9.17) is 4.98 Å². The molecule has 2 N–H and O–H groups in total. The standard InChI is InChI=1S/C30H24F2N6OS/c1-17(39)26-7-8-27(40-26)20-3-2-4-23-21(20)12-25(34-23)29-28-24(36-37-29)6-5-22(35-28)19-11-18(13-33-14-19)15-38-10-9-30(31,32)16-38/h2-8,11-14,34H,9-10,15-16H2,1H3,(H,36,37). The van der Waals surface area contributed by atoms with E-state index in [1.165, 1.54) is 11.3 Å². The normalized spacial score (nSPS) is 15.4. The van der Waals surface area contributed by atoms with E-state index in [9.17, 15) is 13.6 Å². The van der Waals surface area contributed by atoms with Crippen LogP contribution >= 0.6 is 11.3 Å². The van der Waals surface area contributed by atoms with E-state index in [2.05, 4.69) is 32.3 Å². The van der Waals surface area contributed by atoms with E-state index in [0.717, 1.165) is 54.3 Å². The van der Waals surface area contributed by atoms with E-state index in [1.54, 1.807) is 24.2 Å². The molecular weight excluding hydrogens is 530 g/mol. The number of hydrogen-bond acceptors (Lipinski definition) is 6. The number of nitrogens with one attached hydrogen (secondary N) is 2. The van der Waals surface area contributed by atoms with Gasteiger partial charge in [-0.2, -0.15) is 5.10 Å². The summed E-state index contributed by atoms with van der Waals surface area (Å²) in [5, 5.41) is 8.68. The maximum atomic E-state index is 13.7. The molecule has 0 amide bonds. The first-order chi connectivity index (χ1) is 19.3. The highest BCUT2D eigenvalue weighted by atomic mass is 32.1. The quantitative estimate of drug-likeness (QED) is 0.218. The first-order valence-electron chi connectivity index (χ1n) is 13.0. The Labute approximate surface area is 231 Å². The maximum absolute atomic E-state index is 13.7. The van der Waals surface area contributed by atoms with Gasteiger partial charge in [0.2, 0.25) is 0 Å². The summed E-state index contributed by atoms with van der Waals surface area (Å²) in [4.78, 5) is 28.1. The Bertz CT molecular complexity index is 1900. The van der Waals surface area contributed by atoms with Crippen molar-refractivity contribution in [1.29, 1.82) is 0 Å². The Balaban J connectivity index is 1.24. The molecule has 0 unspecified atom stereocenters. The number of H-pyrrole nitrogens is 2. The minimum Gasteiger partial charge on any atom is -0.353 e. The third-order valence-electron chi connectivity index (χ3n) is 7.29. The van der Waals surface area contributed by atoms with Crippen molar-refractivity contribution >= 4 is 39.1 Å². The van der Waals surface area contributed by atoms with Gasteiger partial charge in [0.15, 0.2) is 5.78 Å². The van der Waals surface area contributed by atoms with Crippen LogP contribution in [0.1, 0.15) is 28.6 Å². The Morgan fingerprint density at radius 3 is 2.80 bits per heavy atom. The fourth-order valence-corrected chi connectivity index (χ4v) is 6.27. The number of benzene rings is 1. The van der Waals surface area contributed by atoms with Gasteiger partial charge in [-0.05, 0) is 55.0 Å². The molecule has 0 atom stereocenters. The second-order valence-electron chi connectivity index (χ2n) is 10.2. The molecular formula is C30H24F2N6OS. The zero-order chi connectivity index (χ0) is 27.4. The lowest BCUT2D eigenvalue weighted by atomic mass is 10.1. The molecule has 1 saturated heterocycles. The number of carbonyl (C=O) groups is 1. The van der Waals surface area contributed by atoms with Gasteiger partial charge in [0.05, 0.1) is 28.3 Å². The molecule has 200 valence electrons. The van der Waals surface area contributed by atoms with Crippen molar-refractivity contribution in [2.75, 3.05) is 13.1 Å². The topological polar surface area (TPSA) is 90.6 Å². The third-order valence-corrected chi connectivity index (χ3v) is 8.51. The molecule has 6 aromatic rings. The number of aromatic nitrogens is 5. The highest BCUT2D eigenvalue weighted by Gasteiger charge is 2.37. The van der Waals surface area contributed by atoms with Crippen LogP contribution in [0.3, 0.4) is 0 Å². The summed E-state index contributed by atoms with van der Waals surface area (Å²) in [6, 6.07) is 17.8. The average molecular weight is 555 g/mol. The SMILES string of the molecule is CC(=O)c1ccc(-c2cccc3[nH]c(-c4n[nH]c5ccc(-c6cncc(CN7CCC(F)(F)C7)c6)nc45)cc23)s1. The van der Waals surface area contributed by atoms with Crippen molar-refractivity contribution in [2.24, 2.45) is 0 Å². The molecule has 0 saturated carbocycles. The number of carbonyl (C=O) groups excluding carboxylic acids is 1. The van der Waals surface area contributed by atoms with Crippen LogP contribution in [0.5, 0.6) is 0 Å². The molecule has 0 aliphatic carbocycles. The van der Waals surface area contributed by atoms with Crippen LogP contribution in [-0.4, -0.2) is 54.8 Å². The summed E-state index contributed by atoms with van der Waals surface area (Å²) >= 11 is 1.48. The zero-order valence-corrected chi connectivity index (χ0v) is 22.4. The lowest BCUT2D eigenvalue weighted by Gasteiger charge is -2.15. The number of halogens is 2. The zero-order valence-electron chi connectivity index (χ0n) is 21.5. The number of nitrogens with zero attached hydrogens (tertiary/aromatic N) is 4. The number of fused-ring (bicyclic) bond motifs is 2. The molecule has 0 bridgehead atoms. The van der Waals surface area contributed by atoms with Gasteiger partial charge in [-0.3, -0.25) is 19.8 Å². The van der Waals surface area contributed by atoms with Crippen molar-refractivity contribution in [2.45, 2.75) is 25.8 Å². The number of ketones is 1. The van der Waals surface area contributed by atoms with Crippen LogP contribution in [-0.2, 0) is 6.54 Å². The largest absolute Gasteiger partial charge is 0.353 e. The number of Topliss-reactive ketones (excluding diaryl/α,β-unsaturated/α-hetero) is 1. The lowest BCUT2D eigenvalue weighted by molar-refractivity contribution is 0.0115. The van der Waals surface area contributed by atoms with Gasteiger partial charge < -0.3 is 4.98 Å². The van der Waals surface area contributed by atoms with Crippen LogP contribution in [0.4, 0.5) is 8.78 Å². The van der Waals surface area contributed by atoms with E-state index in [1.807, 2.05) is 42.5 Å². The van der Waals surface area contributed by atoms with Gasteiger partial charge in [0.25, 0.3) is 5.92 Å². The Morgan fingerprint density at radius 1 is 1.10 bits per heavy atom. The predicted octanol–water partition coefficient (Wildman–Crippen LogP) is 6.94. The van der Waals surface area contributed by atoms with Crippen LogP contribution in [0.15, 0.2) is 67.0 Å². The molecule has 7 nitrogen and oxygen atoms in total. The number of alkyl halides is 2. The lowest BCUT2D eigenvalue weighted by Crippen LogP contribution is -2.24. The Morgan fingerprint density at radius 2 is 2.00 bits per heavy atom. The van der Waals surface area contributed by atoms with Gasteiger partial charge in [-0.1, -0.05) is 12.1 Å². The van der Waals surface area contributed by atoms with Crippen LogP contribution in [0.25, 0.3) is 55.0 Å². The summed E-state index contributed by atoms with van der Waals surface area (Å²) in [6.07, 6.45) is 3.35. The molecule has 1 aliphatic heterocycles. The highest BCUT2D eigenvalue weighted by molar-refractivity contribution is 7.17. The van der Waals surface area contributed by atoms with Crippen molar-refractivity contribution < 1.29 is 13.6 Å². The number of thiophene rings is 1. The smallest absolute Gasteiger partial charge is 0.261 e. The second kappa shape index (κ2) is 9.42. The van der Waals surface area contributed by atoms with Gasteiger partial charge in [-0.15, -0.1) is 11.3 Å². The number of aromatic amines is 2. The van der Waals surface area contributed by atoms with Gasteiger partial charge in [0.1, 0.15) is 11.2 Å². The third kappa shape index (κ3) is 4.48. The molecule has 1 aliphatic rings. The Kier molecular flexibility index (Phi) is 5.83. The molecule has 0 radical (unpaired) electrons. The van der Waals surface area contributed by atoms with E-state index in [0.29, 0.717) is 24.3 Å². The fourth-order valence-electron chi connectivity index (χ4n) is 5.33. The summed E-state index contributed by atoms with van der Waals surface area (Å²) in [7, 11) is 0.